The first kappa shape index (κ1) is 10.1. The highest BCUT2D eigenvalue weighted by molar-refractivity contribution is 7.09. The minimum absolute atomic E-state index is 0.157. The molecule has 0 radical (unpaired) electrons. The molecule has 1 N–H and O–H groups in total. The highest BCUT2D eigenvalue weighted by Gasteiger charge is 2.36. The van der Waals surface area contributed by atoms with Crippen molar-refractivity contribution >= 4 is 11.3 Å². The largest absolute Gasteiger partial charge is 0.377 e. The van der Waals surface area contributed by atoms with Crippen molar-refractivity contribution < 1.29 is 4.74 Å². The lowest BCUT2D eigenvalue weighted by Gasteiger charge is -2.28. The zero-order chi connectivity index (χ0) is 10.0. The molecule has 0 bridgehead atoms. The zero-order valence-electron chi connectivity index (χ0n) is 8.75. The summed E-state index contributed by atoms with van der Waals surface area (Å²) in [5.74, 6) is 0. The fourth-order valence-electron chi connectivity index (χ4n) is 1.77. The van der Waals surface area contributed by atoms with Crippen molar-refractivity contribution in [1.29, 1.82) is 0 Å². The Kier molecular flexibility index (Phi) is 2.91. The third-order valence-corrected chi connectivity index (χ3v) is 4.01. The van der Waals surface area contributed by atoms with Crippen molar-refractivity contribution in [2.24, 2.45) is 0 Å². The van der Waals surface area contributed by atoms with Crippen LogP contribution >= 0.6 is 11.3 Å². The Balaban J connectivity index is 1.91. The topological polar surface area (TPSA) is 21.3 Å². The summed E-state index contributed by atoms with van der Waals surface area (Å²) in [6.45, 7) is 6.24. The number of hydrogen-bond acceptors (Lipinski definition) is 3. The minimum Gasteiger partial charge on any atom is -0.377 e. The van der Waals surface area contributed by atoms with Crippen molar-refractivity contribution in [2.45, 2.75) is 38.5 Å². The molecule has 2 nitrogen and oxygen atoms in total. The van der Waals surface area contributed by atoms with Gasteiger partial charge in [-0.25, -0.2) is 0 Å². The third kappa shape index (κ3) is 2.00. The second-order valence-corrected chi connectivity index (χ2v) is 5.15. The Morgan fingerprint density at radius 3 is 3.14 bits per heavy atom. The Morgan fingerprint density at radius 1 is 1.71 bits per heavy atom. The van der Waals surface area contributed by atoms with Gasteiger partial charge in [-0.15, -0.1) is 11.3 Å². The van der Waals surface area contributed by atoms with E-state index in [0.717, 1.165) is 19.6 Å². The van der Waals surface area contributed by atoms with Gasteiger partial charge in [-0.2, -0.15) is 0 Å². The van der Waals surface area contributed by atoms with Crippen molar-refractivity contribution in [2.75, 3.05) is 6.61 Å². The summed E-state index contributed by atoms with van der Waals surface area (Å²) >= 11 is 1.80. The van der Waals surface area contributed by atoms with Crippen molar-refractivity contribution in [3.63, 3.8) is 0 Å². The van der Waals surface area contributed by atoms with Gasteiger partial charge in [0.2, 0.25) is 0 Å². The Bertz CT molecular complexity index is 285. The van der Waals surface area contributed by atoms with E-state index >= 15 is 0 Å². The van der Waals surface area contributed by atoms with E-state index in [0.29, 0.717) is 6.10 Å². The second-order valence-electron chi connectivity index (χ2n) is 4.11. The maximum absolute atomic E-state index is 5.58. The molecular weight excluding hydrogens is 194 g/mol. The molecule has 78 valence electrons. The van der Waals surface area contributed by atoms with Crippen molar-refractivity contribution in [1.82, 2.24) is 5.32 Å². The second kappa shape index (κ2) is 4.01. The normalized spacial score (nSPS) is 32.3. The average Bonchev–Trinajstić information content (AvgIpc) is 2.75. The molecule has 3 heteroatoms. The van der Waals surface area contributed by atoms with Crippen LogP contribution in [-0.4, -0.2) is 18.2 Å². The number of nitrogens with one attached hydrogen (secondary N) is 1. The van der Waals surface area contributed by atoms with Crippen LogP contribution in [0, 0.1) is 0 Å². The molecule has 2 unspecified atom stereocenters. The monoisotopic (exact) mass is 211 g/mol. The number of thiophene rings is 1. The van der Waals surface area contributed by atoms with Crippen LogP contribution in [0.1, 0.15) is 25.1 Å². The first-order chi connectivity index (χ1) is 6.71. The van der Waals surface area contributed by atoms with Gasteiger partial charge in [0.05, 0.1) is 6.10 Å². The van der Waals surface area contributed by atoms with Crippen LogP contribution in [0.2, 0.25) is 0 Å². The van der Waals surface area contributed by atoms with Gasteiger partial charge in [0.25, 0.3) is 0 Å². The quantitative estimate of drug-likeness (QED) is 0.829. The van der Waals surface area contributed by atoms with E-state index in [1.807, 2.05) is 0 Å². The van der Waals surface area contributed by atoms with Gasteiger partial charge in [-0.3, -0.25) is 0 Å². The number of ether oxygens (including phenoxy) is 1. The average molecular weight is 211 g/mol. The van der Waals surface area contributed by atoms with Crippen LogP contribution in [0.3, 0.4) is 0 Å². The maximum atomic E-state index is 5.58. The van der Waals surface area contributed by atoms with Gasteiger partial charge in [0, 0.05) is 23.6 Å². The molecular formula is C11H17NOS. The van der Waals surface area contributed by atoms with E-state index in [9.17, 15) is 0 Å². The summed E-state index contributed by atoms with van der Waals surface area (Å²) in [6, 6.07) is 4.26. The molecule has 2 atom stereocenters. The van der Waals surface area contributed by atoms with E-state index in [1.165, 1.54) is 4.88 Å². The van der Waals surface area contributed by atoms with Crippen LogP contribution in [0.15, 0.2) is 17.5 Å². The molecule has 0 saturated carbocycles. The van der Waals surface area contributed by atoms with Gasteiger partial charge < -0.3 is 10.1 Å². The van der Waals surface area contributed by atoms with Gasteiger partial charge in [0.1, 0.15) is 0 Å². The molecule has 2 heterocycles. The lowest BCUT2D eigenvalue weighted by Crippen LogP contribution is -2.47. The summed E-state index contributed by atoms with van der Waals surface area (Å²) in [7, 11) is 0. The molecule has 14 heavy (non-hydrogen) atoms. The molecule has 2 rings (SSSR count). The number of hydrogen-bond donors (Lipinski definition) is 1. The highest BCUT2D eigenvalue weighted by Crippen LogP contribution is 2.25. The van der Waals surface area contributed by atoms with Gasteiger partial charge in [-0.05, 0) is 31.7 Å². The molecule has 0 amide bonds. The summed E-state index contributed by atoms with van der Waals surface area (Å²) in [5, 5.41) is 5.71. The Morgan fingerprint density at radius 2 is 2.57 bits per heavy atom. The summed E-state index contributed by atoms with van der Waals surface area (Å²) in [6.07, 6.45) is 1.43. The fourth-order valence-corrected chi connectivity index (χ4v) is 2.41. The van der Waals surface area contributed by atoms with Crippen LogP contribution in [0.25, 0.3) is 0 Å². The lowest BCUT2D eigenvalue weighted by molar-refractivity contribution is 0.0882. The SMILES string of the molecule is CC1OCCC1(C)NCc1cccs1. The molecule has 1 saturated heterocycles. The lowest BCUT2D eigenvalue weighted by atomic mass is 9.95. The molecule has 1 aliphatic rings. The van der Waals surface area contributed by atoms with Crippen LogP contribution in [0.4, 0.5) is 0 Å². The smallest absolute Gasteiger partial charge is 0.0726 e. The summed E-state index contributed by atoms with van der Waals surface area (Å²) < 4.78 is 5.58. The van der Waals surface area contributed by atoms with E-state index < -0.39 is 0 Å². The molecule has 1 aliphatic heterocycles. The highest BCUT2D eigenvalue weighted by atomic mass is 32.1. The maximum Gasteiger partial charge on any atom is 0.0726 e. The molecule has 1 fully saturated rings. The van der Waals surface area contributed by atoms with Gasteiger partial charge >= 0.3 is 0 Å². The predicted molar refractivity (Wildman–Crippen MR) is 59.6 cm³/mol. The van der Waals surface area contributed by atoms with E-state index in [-0.39, 0.29) is 5.54 Å². The third-order valence-electron chi connectivity index (χ3n) is 3.13. The first-order valence-corrected chi connectivity index (χ1v) is 5.98. The van der Waals surface area contributed by atoms with E-state index in [2.05, 4.69) is 36.7 Å². The first-order valence-electron chi connectivity index (χ1n) is 5.10. The molecule has 0 aromatic carbocycles. The molecule has 0 spiro atoms. The van der Waals surface area contributed by atoms with Crippen LogP contribution in [-0.2, 0) is 11.3 Å². The molecule has 1 aromatic rings. The predicted octanol–water partition coefficient (Wildman–Crippen LogP) is 2.41. The summed E-state index contributed by atoms with van der Waals surface area (Å²) in [4.78, 5) is 1.39. The zero-order valence-corrected chi connectivity index (χ0v) is 9.56. The molecule has 0 aliphatic carbocycles. The summed E-state index contributed by atoms with van der Waals surface area (Å²) in [5.41, 5.74) is 0.157. The fraction of sp³-hybridized carbons (Fsp3) is 0.636. The van der Waals surface area contributed by atoms with E-state index in [1.54, 1.807) is 11.3 Å². The Labute approximate surface area is 89.3 Å². The van der Waals surface area contributed by atoms with Crippen LogP contribution < -0.4 is 5.32 Å². The Hall–Kier alpha value is -0.380. The number of rotatable bonds is 3. The minimum atomic E-state index is 0.157. The van der Waals surface area contributed by atoms with Gasteiger partial charge in [-0.1, -0.05) is 6.07 Å². The van der Waals surface area contributed by atoms with Crippen LogP contribution in [0.5, 0.6) is 0 Å². The molecule has 1 aromatic heterocycles. The van der Waals surface area contributed by atoms with Crippen molar-refractivity contribution in [3.8, 4) is 0 Å². The van der Waals surface area contributed by atoms with Gasteiger partial charge in [0.15, 0.2) is 0 Å². The van der Waals surface area contributed by atoms with Crippen molar-refractivity contribution in [3.05, 3.63) is 22.4 Å². The van der Waals surface area contributed by atoms with E-state index in [4.69, 9.17) is 4.74 Å². The standard InChI is InChI=1S/C11H17NOS/c1-9-11(2,5-6-13-9)12-8-10-4-3-7-14-10/h3-4,7,9,12H,5-6,8H2,1-2H3.